The van der Waals surface area contributed by atoms with Gasteiger partial charge in [0.1, 0.15) is 6.04 Å². The number of carbonyl (C=O) groups excluding carboxylic acids is 2. The number of likely N-dealkylation sites (tertiary alicyclic amines) is 1. The first kappa shape index (κ1) is 22.8. The Hall–Kier alpha value is -1.88. The van der Waals surface area contributed by atoms with Gasteiger partial charge in [-0.2, -0.15) is 0 Å². The van der Waals surface area contributed by atoms with Gasteiger partial charge in [-0.25, -0.2) is 0 Å². The van der Waals surface area contributed by atoms with Crippen LogP contribution in [0.25, 0.3) is 0 Å². The summed E-state index contributed by atoms with van der Waals surface area (Å²) in [6.45, 7) is 11.6. The molecule has 0 radical (unpaired) electrons. The van der Waals surface area contributed by atoms with Crippen molar-refractivity contribution in [1.29, 1.82) is 0 Å². The third-order valence-corrected chi connectivity index (χ3v) is 6.22. The van der Waals surface area contributed by atoms with Crippen molar-refractivity contribution in [3.05, 3.63) is 35.9 Å². The zero-order chi connectivity index (χ0) is 21.6. The van der Waals surface area contributed by atoms with Crippen molar-refractivity contribution < 1.29 is 9.59 Å². The van der Waals surface area contributed by atoms with Crippen molar-refractivity contribution >= 4 is 11.8 Å². The number of amides is 2. The van der Waals surface area contributed by atoms with Gasteiger partial charge in [0, 0.05) is 32.6 Å². The minimum atomic E-state index is -0.246. The number of benzene rings is 1. The fourth-order valence-corrected chi connectivity index (χ4v) is 4.65. The third-order valence-electron chi connectivity index (χ3n) is 6.22. The van der Waals surface area contributed by atoms with Crippen molar-refractivity contribution in [2.75, 3.05) is 39.3 Å². The highest BCUT2D eigenvalue weighted by Gasteiger charge is 2.37. The summed E-state index contributed by atoms with van der Waals surface area (Å²) in [4.78, 5) is 32.4. The van der Waals surface area contributed by atoms with E-state index in [0.717, 1.165) is 71.4 Å². The van der Waals surface area contributed by atoms with E-state index in [1.807, 2.05) is 9.80 Å². The highest BCUT2D eigenvalue weighted by molar-refractivity contribution is 5.88. The summed E-state index contributed by atoms with van der Waals surface area (Å²) in [5.74, 6) is 0.302. The van der Waals surface area contributed by atoms with Crippen molar-refractivity contribution in [2.24, 2.45) is 5.41 Å². The van der Waals surface area contributed by atoms with Crippen LogP contribution in [-0.2, 0) is 16.0 Å². The fraction of sp³-hybridized carbons (Fsp3) is 0.680. The Bertz CT molecular complexity index is 698. The molecular weight excluding hydrogens is 374 g/mol. The quantitative estimate of drug-likeness (QED) is 0.716. The smallest absolute Gasteiger partial charge is 0.245 e. The van der Waals surface area contributed by atoms with Crippen molar-refractivity contribution in [3.63, 3.8) is 0 Å². The third kappa shape index (κ3) is 6.56. The van der Waals surface area contributed by atoms with Gasteiger partial charge < -0.3 is 14.7 Å². The maximum Gasteiger partial charge on any atom is 0.245 e. The van der Waals surface area contributed by atoms with Gasteiger partial charge in [0.05, 0.1) is 0 Å². The molecule has 5 heteroatoms. The second kappa shape index (κ2) is 10.4. The van der Waals surface area contributed by atoms with E-state index in [2.05, 4.69) is 56.0 Å². The first-order valence-corrected chi connectivity index (χ1v) is 11.7. The molecule has 3 rings (SSSR count). The van der Waals surface area contributed by atoms with Crippen LogP contribution >= 0.6 is 0 Å². The van der Waals surface area contributed by atoms with Gasteiger partial charge in [-0.05, 0) is 56.2 Å². The molecule has 166 valence electrons. The lowest BCUT2D eigenvalue weighted by atomic mass is 9.91. The van der Waals surface area contributed by atoms with E-state index in [4.69, 9.17) is 0 Å². The summed E-state index contributed by atoms with van der Waals surface area (Å²) in [5.41, 5.74) is 1.35. The highest BCUT2D eigenvalue weighted by Crippen LogP contribution is 2.26. The monoisotopic (exact) mass is 413 g/mol. The van der Waals surface area contributed by atoms with Crippen LogP contribution in [0.5, 0.6) is 0 Å². The lowest BCUT2D eigenvalue weighted by Crippen LogP contribution is -2.49. The van der Waals surface area contributed by atoms with Crippen LogP contribution in [0.1, 0.15) is 58.4 Å². The van der Waals surface area contributed by atoms with Crippen molar-refractivity contribution in [3.8, 4) is 0 Å². The van der Waals surface area contributed by atoms with Crippen molar-refractivity contribution in [1.82, 2.24) is 14.7 Å². The SMILES string of the molecule is CC(C)(C)CC(=O)N1CCCC1C(=O)N1CCCN(CCCc2ccccc2)CC1. The highest BCUT2D eigenvalue weighted by atomic mass is 16.2. The molecule has 0 aromatic heterocycles. The molecule has 1 atom stereocenters. The summed E-state index contributed by atoms with van der Waals surface area (Å²) in [7, 11) is 0. The van der Waals surface area contributed by atoms with Crippen LogP contribution in [0.4, 0.5) is 0 Å². The van der Waals surface area contributed by atoms with Crippen LogP contribution < -0.4 is 0 Å². The van der Waals surface area contributed by atoms with E-state index in [0.29, 0.717) is 6.42 Å². The summed E-state index contributed by atoms with van der Waals surface area (Å²) < 4.78 is 0. The Morgan fingerprint density at radius 3 is 2.47 bits per heavy atom. The zero-order valence-corrected chi connectivity index (χ0v) is 19.1. The first-order chi connectivity index (χ1) is 14.3. The van der Waals surface area contributed by atoms with Crippen LogP contribution in [0.2, 0.25) is 0 Å². The van der Waals surface area contributed by atoms with Gasteiger partial charge in [0.2, 0.25) is 11.8 Å². The average Bonchev–Trinajstić information content (AvgIpc) is 3.07. The summed E-state index contributed by atoms with van der Waals surface area (Å²) in [5, 5.41) is 0. The number of carbonyl (C=O) groups is 2. The molecule has 2 heterocycles. The van der Waals surface area contributed by atoms with E-state index in [1.165, 1.54) is 5.56 Å². The van der Waals surface area contributed by atoms with E-state index >= 15 is 0 Å². The molecule has 2 fully saturated rings. The number of aryl methyl sites for hydroxylation is 1. The number of nitrogens with zero attached hydrogens (tertiary/aromatic N) is 3. The van der Waals surface area contributed by atoms with Gasteiger partial charge in [0.25, 0.3) is 0 Å². The van der Waals surface area contributed by atoms with E-state index in [9.17, 15) is 9.59 Å². The average molecular weight is 414 g/mol. The van der Waals surface area contributed by atoms with E-state index < -0.39 is 0 Å². The van der Waals surface area contributed by atoms with Gasteiger partial charge in [-0.1, -0.05) is 51.1 Å². The molecule has 30 heavy (non-hydrogen) atoms. The number of hydrogen-bond donors (Lipinski definition) is 0. The molecule has 1 aromatic carbocycles. The lowest BCUT2D eigenvalue weighted by Gasteiger charge is -2.31. The van der Waals surface area contributed by atoms with Crippen LogP contribution in [-0.4, -0.2) is 71.8 Å². The zero-order valence-electron chi connectivity index (χ0n) is 19.1. The molecule has 5 nitrogen and oxygen atoms in total. The number of rotatable bonds is 6. The Morgan fingerprint density at radius 1 is 0.967 bits per heavy atom. The Morgan fingerprint density at radius 2 is 1.73 bits per heavy atom. The second-order valence-electron chi connectivity index (χ2n) is 10.1. The van der Waals surface area contributed by atoms with Crippen LogP contribution in [0, 0.1) is 5.41 Å². The minimum absolute atomic E-state index is 0.0455. The van der Waals surface area contributed by atoms with E-state index in [1.54, 1.807) is 0 Å². The molecule has 2 aliphatic heterocycles. The Labute approximate surface area is 182 Å². The minimum Gasteiger partial charge on any atom is -0.340 e. The van der Waals surface area contributed by atoms with Gasteiger partial charge in [0.15, 0.2) is 0 Å². The topological polar surface area (TPSA) is 43.9 Å². The standard InChI is InChI=1S/C25H39N3O2/c1-25(2,3)20-23(29)28-17-8-13-22(28)24(30)27-16-9-15-26(18-19-27)14-7-12-21-10-5-4-6-11-21/h4-6,10-11,22H,7-9,12-20H2,1-3H3. The first-order valence-electron chi connectivity index (χ1n) is 11.7. The fourth-order valence-electron chi connectivity index (χ4n) is 4.65. The normalized spacial score (nSPS) is 21.0. The van der Waals surface area contributed by atoms with Gasteiger partial charge in [-0.3, -0.25) is 9.59 Å². The summed E-state index contributed by atoms with van der Waals surface area (Å²) in [6, 6.07) is 10.4. The second-order valence-corrected chi connectivity index (χ2v) is 10.1. The predicted octanol–water partition coefficient (Wildman–Crippen LogP) is 3.58. The maximum atomic E-state index is 13.3. The molecule has 1 unspecified atom stereocenters. The summed E-state index contributed by atoms with van der Waals surface area (Å²) in [6.07, 6.45) is 5.52. The molecular formula is C25H39N3O2. The molecule has 2 amide bonds. The van der Waals surface area contributed by atoms with Crippen LogP contribution in [0.15, 0.2) is 30.3 Å². The van der Waals surface area contributed by atoms with Gasteiger partial charge >= 0.3 is 0 Å². The van der Waals surface area contributed by atoms with E-state index in [-0.39, 0.29) is 23.3 Å². The molecule has 0 bridgehead atoms. The lowest BCUT2D eigenvalue weighted by molar-refractivity contribution is -0.144. The molecule has 0 saturated carbocycles. The maximum absolute atomic E-state index is 13.3. The molecule has 0 N–H and O–H groups in total. The van der Waals surface area contributed by atoms with Crippen molar-refractivity contribution in [2.45, 2.75) is 65.3 Å². The largest absolute Gasteiger partial charge is 0.340 e. The number of hydrogen-bond acceptors (Lipinski definition) is 3. The molecule has 0 spiro atoms. The molecule has 2 saturated heterocycles. The summed E-state index contributed by atoms with van der Waals surface area (Å²) >= 11 is 0. The molecule has 2 aliphatic rings. The Kier molecular flexibility index (Phi) is 7.93. The predicted molar refractivity (Wildman–Crippen MR) is 121 cm³/mol. The Balaban J connectivity index is 1.48. The van der Waals surface area contributed by atoms with Crippen LogP contribution in [0.3, 0.4) is 0 Å². The molecule has 0 aliphatic carbocycles. The van der Waals surface area contributed by atoms with Gasteiger partial charge in [-0.15, -0.1) is 0 Å². The molecule has 1 aromatic rings.